The first-order valence-corrected chi connectivity index (χ1v) is 11.7. The predicted molar refractivity (Wildman–Crippen MR) is 124 cm³/mol. The number of aliphatic hydroxyl groups is 1. The number of ether oxygens (including phenoxy) is 1. The Morgan fingerprint density at radius 3 is 2.81 bits per heavy atom. The van der Waals surface area contributed by atoms with Crippen LogP contribution < -0.4 is 5.32 Å². The fourth-order valence-corrected chi connectivity index (χ4v) is 5.89. The summed E-state index contributed by atoms with van der Waals surface area (Å²) in [6.45, 7) is 7.90. The molecule has 0 unspecified atom stereocenters. The van der Waals surface area contributed by atoms with Gasteiger partial charge in [-0.1, -0.05) is 6.92 Å². The van der Waals surface area contributed by atoms with Crippen LogP contribution in [0.4, 0.5) is 5.69 Å². The van der Waals surface area contributed by atoms with Crippen molar-refractivity contribution in [1.82, 2.24) is 9.88 Å². The van der Waals surface area contributed by atoms with Gasteiger partial charge in [0.15, 0.2) is 5.60 Å². The summed E-state index contributed by atoms with van der Waals surface area (Å²) in [6.07, 6.45) is 5.58. The zero-order valence-electron chi connectivity index (χ0n) is 18.9. The van der Waals surface area contributed by atoms with Crippen LogP contribution in [0.2, 0.25) is 0 Å². The molecule has 6 nitrogen and oxygen atoms in total. The second-order valence-electron chi connectivity index (χ2n) is 9.75. The highest BCUT2D eigenvalue weighted by Gasteiger charge is 2.47. The first-order chi connectivity index (χ1) is 15.4. The SMILES string of the molecule is CC[C@@]1(O)C(=O)OCC2=C1C=C1c3nc4ccc(NC(C)C)c5c4c(c3CN1C2)CCC5. The zero-order chi connectivity index (χ0) is 22.2. The summed E-state index contributed by atoms with van der Waals surface area (Å²) in [5.41, 5.74) is 8.56. The lowest BCUT2D eigenvalue weighted by Gasteiger charge is -2.37. The Kier molecular flexibility index (Phi) is 4.22. The molecule has 0 amide bonds. The minimum Gasteiger partial charge on any atom is -0.459 e. The van der Waals surface area contributed by atoms with Crippen LogP contribution in [0.5, 0.6) is 0 Å². The summed E-state index contributed by atoms with van der Waals surface area (Å²) >= 11 is 0. The summed E-state index contributed by atoms with van der Waals surface area (Å²) in [4.78, 5) is 19.9. The van der Waals surface area contributed by atoms with Gasteiger partial charge in [0.2, 0.25) is 0 Å². The average molecular weight is 432 g/mol. The van der Waals surface area contributed by atoms with Gasteiger partial charge in [-0.05, 0) is 74.4 Å². The molecule has 0 radical (unpaired) electrons. The molecule has 0 saturated carbocycles. The van der Waals surface area contributed by atoms with Crippen LogP contribution in [0.15, 0.2) is 29.4 Å². The van der Waals surface area contributed by atoms with Crippen molar-refractivity contribution >= 4 is 28.3 Å². The molecule has 0 bridgehead atoms. The number of cyclic esters (lactones) is 1. The van der Waals surface area contributed by atoms with Crippen molar-refractivity contribution in [2.75, 3.05) is 18.5 Å². The number of rotatable bonds is 3. The molecule has 0 spiro atoms. The maximum absolute atomic E-state index is 12.4. The average Bonchev–Trinajstić information content (AvgIpc) is 3.15. The lowest BCUT2D eigenvalue weighted by atomic mass is 9.83. The highest BCUT2D eigenvalue weighted by molar-refractivity contribution is 5.95. The number of hydrogen-bond donors (Lipinski definition) is 2. The molecule has 1 atom stereocenters. The van der Waals surface area contributed by atoms with E-state index in [2.05, 4.69) is 36.2 Å². The summed E-state index contributed by atoms with van der Waals surface area (Å²) in [5.74, 6) is -0.543. The number of nitrogens with zero attached hydrogens (tertiary/aromatic N) is 2. The molecular weight excluding hydrogens is 402 g/mol. The highest BCUT2D eigenvalue weighted by Crippen LogP contribution is 2.46. The normalized spacial score (nSPS) is 23.7. The van der Waals surface area contributed by atoms with Crippen molar-refractivity contribution in [2.45, 2.75) is 64.6 Å². The van der Waals surface area contributed by atoms with E-state index in [0.29, 0.717) is 24.6 Å². The quantitative estimate of drug-likeness (QED) is 0.722. The molecule has 1 aromatic carbocycles. The molecule has 166 valence electrons. The van der Waals surface area contributed by atoms with Crippen LogP contribution in [0.25, 0.3) is 16.6 Å². The van der Waals surface area contributed by atoms with E-state index in [0.717, 1.165) is 48.3 Å². The summed E-state index contributed by atoms with van der Waals surface area (Å²) < 4.78 is 5.33. The first kappa shape index (κ1) is 19.8. The first-order valence-electron chi connectivity index (χ1n) is 11.7. The molecule has 2 aromatic rings. The standard InChI is InChI=1S/C26H29N3O3/c1-4-26(31)19-10-22-24-18(12-29(22)11-15(19)13-32-25(26)30)16-6-5-7-17-20(27-14(2)3)8-9-21(28-24)23(16)17/h8-10,14,27,31H,4-7,11-13H2,1-3H3/t26-/m0/s1. The van der Waals surface area contributed by atoms with E-state index in [9.17, 15) is 9.90 Å². The van der Waals surface area contributed by atoms with Gasteiger partial charge in [-0.25, -0.2) is 9.78 Å². The van der Waals surface area contributed by atoms with Crippen molar-refractivity contribution in [2.24, 2.45) is 0 Å². The number of benzene rings is 1. The molecule has 4 aliphatic rings. The number of carbonyl (C=O) groups is 1. The molecule has 4 heterocycles. The van der Waals surface area contributed by atoms with E-state index in [4.69, 9.17) is 9.72 Å². The summed E-state index contributed by atoms with van der Waals surface area (Å²) in [6, 6.07) is 4.69. The van der Waals surface area contributed by atoms with Crippen LogP contribution in [-0.4, -0.2) is 45.8 Å². The van der Waals surface area contributed by atoms with Crippen LogP contribution in [0, 0.1) is 0 Å². The van der Waals surface area contributed by atoms with Gasteiger partial charge in [-0.15, -0.1) is 0 Å². The van der Waals surface area contributed by atoms with E-state index >= 15 is 0 Å². The number of anilines is 1. The molecule has 6 heteroatoms. The minimum atomic E-state index is -1.56. The van der Waals surface area contributed by atoms with E-state index in [1.807, 2.05) is 13.0 Å². The molecule has 1 aromatic heterocycles. The summed E-state index contributed by atoms with van der Waals surface area (Å²) in [5, 5.41) is 16.0. The molecule has 32 heavy (non-hydrogen) atoms. The molecule has 0 fully saturated rings. The maximum Gasteiger partial charge on any atom is 0.343 e. The number of carbonyl (C=O) groups excluding carboxylic acids is 1. The molecule has 2 N–H and O–H groups in total. The van der Waals surface area contributed by atoms with Crippen LogP contribution in [0.1, 0.15) is 56.0 Å². The fourth-order valence-electron chi connectivity index (χ4n) is 5.89. The lowest BCUT2D eigenvalue weighted by Crippen LogP contribution is -2.47. The van der Waals surface area contributed by atoms with Gasteiger partial charge < -0.3 is 20.1 Å². The van der Waals surface area contributed by atoms with Crippen molar-refractivity contribution in [3.8, 4) is 0 Å². The Morgan fingerprint density at radius 2 is 2.03 bits per heavy atom. The van der Waals surface area contributed by atoms with Crippen molar-refractivity contribution in [1.29, 1.82) is 0 Å². The number of esters is 1. The Bertz CT molecular complexity index is 1240. The number of nitrogens with one attached hydrogen (secondary N) is 1. The van der Waals surface area contributed by atoms with E-state index in [1.54, 1.807) is 0 Å². The van der Waals surface area contributed by atoms with E-state index in [1.165, 1.54) is 27.8 Å². The Hall–Kier alpha value is -2.86. The number of pyridine rings is 1. The third kappa shape index (κ3) is 2.62. The minimum absolute atomic E-state index is 0.254. The lowest BCUT2D eigenvalue weighted by molar-refractivity contribution is -0.163. The monoisotopic (exact) mass is 431 g/mol. The Morgan fingerprint density at radius 1 is 1.22 bits per heavy atom. The Balaban J connectivity index is 1.53. The topological polar surface area (TPSA) is 74.7 Å². The largest absolute Gasteiger partial charge is 0.459 e. The fraction of sp³-hybridized carbons (Fsp3) is 0.462. The number of fused-ring (bicyclic) bond motifs is 4. The molecule has 6 rings (SSSR count). The van der Waals surface area contributed by atoms with Crippen molar-refractivity contribution in [3.05, 3.63) is 51.7 Å². The van der Waals surface area contributed by atoms with Gasteiger partial charge >= 0.3 is 5.97 Å². The van der Waals surface area contributed by atoms with Crippen molar-refractivity contribution in [3.63, 3.8) is 0 Å². The number of aromatic nitrogens is 1. The van der Waals surface area contributed by atoms with Gasteiger partial charge in [-0.3, -0.25) is 0 Å². The third-order valence-electron chi connectivity index (χ3n) is 7.42. The number of hydrogen-bond acceptors (Lipinski definition) is 6. The molecular formula is C26H29N3O3. The molecule has 3 aliphatic heterocycles. The van der Waals surface area contributed by atoms with Crippen LogP contribution >= 0.6 is 0 Å². The zero-order valence-corrected chi connectivity index (χ0v) is 18.9. The molecule has 0 saturated heterocycles. The van der Waals surface area contributed by atoms with Gasteiger partial charge in [0.1, 0.15) is 6.61 Å². The maximum atomic E-state index is 12.4. The van der Waals surface area contributed by atoms with E-state index in [-0.39, 0.29) is 6.61 Å². The number of aryl methyl sites for hydroxylation is 2. The second-order valence-corrected chi connectivity index (χ2v) is 9.75. The van der Waals surface area contributed by atoms with Gasteiger partial charge in [-0.2, -0.15) is 0 Å². The molecule has 1 aliphatic carbocycles. The van der Waals surface area contributed by atoms with Gasteiger partial charge in [0.25, 0.3) is 0 Å². The third-order valence-corrected chi connectivity index (χ3v) is 7.42. The van der Waals surface area contributed by atoms with Crippen LogP contribution in [0.3, 0.4) is 0 Å². The summed E-state index contributed by atoms with van der Waals surface area (Å²) in [7, 11) is 0. The second kappa shape index (κ2) is 6.82. The predicted octanol–water partition coefficient (Wildman–Crippen LogP) is 3.71. The van der Waals surface area contributed by atoms with Gasteiger partial charge in [0, 0.05) is 41.3 Å². The Labute approximate surface area is 188 Å². The van der Waals surface area contributed by atoms with Crippen LogP contribution in [-0.2, 0) is 28.9 Å². The van der Waals surface area contributed by atoms with Crippen molar-refractivity contribution < 1.29 is 14.6 Å². The van der Waals surface area contributed by atoms with Gasteiger partial charge in [0.05, 0.1) is 16.9 Å². The highest BCUT2D eigenvalue weighted by atomic mass is 16.6. The van der Waals surface area contributed by atoms with E-state index < -0.39 is 11.6 Å². The smallest absolute Gasteiger partial charge is 0.343 e.